The first kappa shape index (κ1) is 10.5. The Balaban J connectivity index is 2.08. The molecule has 0 radical (unpaired) electrons. The molecule has 2 rings (SSSR count). The van der Waals surface area contributed by atoms with Crippen molar-refractivity contribution in [3.05, 3.63) is 0 Å². The van der Waals surface area contributed by atoms with E-state index >= 15 is 0 Å². The molecule has 2 aliphatic rings. The Morgan fingerprint density at radius 1 is 1.00 bits per heavy atom. The molecule has 0 N–H and O–H groups in total. The minimum absolute atomic E-state index is 0.374. The topological polar surface area (TPSA) is 3.24 Å². The summed E-state index contributed by atoms with van der Waals surface area (Å²) in [7, 11) is 0. The summed E-state index contributed by atoms with van der Waals surface area (Å²) in [5.41, 5.74) is 0.888. The van der Waals surface area contributed by atoms with Crippen molar-refractivity contribution >= 4 is 0 Å². The maximum Gasteiger partial charge on any atom is 0.0169 e. The molecule has 1 saturated heterocycles. The fraction of sp³-hybridized carbons (Fsp3) is 1.00. The van der Waals surface area contributed by atoms with Gasteiger partial charge in [-0.05, 0) is 51.0 Å². The average molecular weight is 195 g/mol. The van der Waals surface area contributed by atoms with E-state index in [0.717, 1.165) is 17.9 Å². The van der Waals surface area contributed by atoms with Crippen molar-refractivity contribution in [1.29, 1.82) is 0 Å². The third kappa shape index (κ3) is 1.50. The molecular weight excluding hydrogens is 170 g/mol. The summed E-state index contributed by atoms with van der Waals surface area (Å²) in [6.45, 7) is 15.6. The minimum atomic E-state index is 0.374. The van der Waals surface area contributed by atoms with Crippen LogP contribution in [0.25, 0.3) is 0 Å². The van der Waals surface area contributed by atoms with Gasteiger partial charge < -0.3 is 0 Å². The highest BCUT2D eigenvalue weighted by Crippen LogP contribution is 2.60. The second kappa shape index (κ2) is 2.75. The van der Waals surface area contributed by atoms with Gasteiger partial charge in [-0.3, -0.25) is 4.90 Å². The van der Waals surface area contributed by atoms with Crippen LogP contribution in [0.4, 0.5) is 0 Å². The predicted molar refractivity (Wildman–Crippen MR) is 61.3 cm³/mol. The molecule has 82 valence electrons. The molecule has 1 heterocycles. The van der Waals surface area contributed by atoms with Crippen LogP contribution in [0, 0.1) is 17.3 Å². The summed E-state index contributed by atoms with van der Waals surface area (Å²) < 4.78 is 0. The second-order valence-electron chi connectivity index (χ2n) is 7.20. The normalized spacial score (nSPS) is 38.6. The van der Waals surface area contributed by atoms with E-state index in [2.05, 4.69) is 46.4 Å². The molecule has 1 heteroatoms. The summed E-state index contributed by atoms with van der Waals surface area (Å²) in [5, 5.41) is 0. The molecule has 1 saturated carbocycles. The van der Waals surface area contributed by atoms with E-state index in [0.29, 0.717) is 11.0 Å². The lowest BCUT2D eigenvalue weighted by atomic mass is 9.87. The van der Waals surface area contributed by atoms with Crippen LogP contribution in [-0.2, 0) is 0 Å². The average Bonchev–Trinajstić information content (AvgIpc) is 2.49. The molecule has 14 heavy (non-hydrogen) atoms. The van der Waals surface area contributed by atoms with E-state index in [4.69, 9.17) is 0 Å². The van der Waals surface area contributed by atoms with Crippen LogP contribution in [0.3, 0.4) is 0 Å². The lowest BCUT2D eigenvalue weighted by Crippen LogP contribution is -2.43. The highest BCUT2D eigenvalue weighted by atomic mass is 15.3. The summed E-state index contributed by atoms with van der Waals surface area (Å²) >= 11 is 0. The monoisotopic (exact) mass is 195 g/mol. The SMILES string of the molecule is CC(C)(C)C1C2CCN(C(C)(C)C)C21. The van der Waals surface area contributed by atoms with Gasteiger partial charge in [-0.25, -0.2) is 0 Å². The summed E-state index contributed by atoms with van der Waals surface area (Å²) in [6, 6.07) is 0.898. The van der Waals surface area contributed by atoms with E-state index in [1.54, 1.807) is 0 Å². The second-order valence-corrected chi connectivity index (χ2v) is 7.20. The van der Waals surface area contributed by atoms with E-state index in [9.17, 15) is 0 Å². The number of rotatable bonds is 0. The van der Waals surface area contributed by atoms with Crippen molar-refractivity contribution in [3.63, 3.8) is 0 Å². The predicted octanol–water partition coefficient (Wildman–Crippen LogP) is 3.15. The van der Waals surface area contributed by atoms with Crippen LogP contribution in [0.5, 0.6) is 0 Å². The number of fused-ring (bicyclic) bond motifs is 1. The van der Waals surface area contributed by atoms with E-state index < -0.39 is 0 Å². The van der Waals surface area contributed by atoms with Crippen molar-refractivity contribution in [1.82, 2.24) is 4.90 Å². The van der Waals surface area contributed by atoms with Gasteiger partial charge in [0, 0.05) is 11.6 Å². The lowest BCUT2D eigenvalue weighted by molar-refractivity contribution is 0.119. The largest absolute Gasteiger partial charge is 0.295 e. The number of hydrogen-bond acceptors (Lipinski definition) is 1. The molecule has 0 amide bonds. The highest BCUT2D eigenvalue weighted by molar-refractivity contribution is 5.14. The molecule has 1 aliphatic heterocycles. The van der Waals surface area contributed by atoms with E-state index in [-0.39, 0.29) is 0 Å². The Labute approximate surface area is 88.9 Å². The Hall–Kier alpha value is -0.0400. The van der Waals surface area contributed by atoms with Crippen molar-refractivity contribution in [3.8, 4) is 0 Å². The first-order chi connectivity index (χ1) is 6.23. The van der Waals surface area contributed by atoms with Gasteiger partial charge >= 0.3 is 0 Å². The molecule has 1 nitrogen and oxygen atoms in total. The molecule has 0 bridgehead atoms. The molecule has 3 unspecified atom stereocenters. The third-order valence-electron chi connectivity index (χ3n) is 4.05. The smallest absolute Gasteiger partial charge is 0.0169 e. The highest BCUT2D eigenvalue weighted by Gasteiger charge is 2.62. The van der Waals surface area contributed by atoms with E-state index in [1.165, 1.54) is 13.0 Å². The van der Waals surface area contributed by atoms with E-state index in [1.807, 2.05) is 0 Å². The van der Waals surface area contributed by atoms with Gasteiger partial charge in [-0.15, -0.1) is 0 Å². The molecule has 0 spiro atoms. The Kier molecular flexibility index (Phi) is 2.06. The summed E-state index contributed by atoms with van der Waals surface area (Å²) in [4.78, 5) is 2.73. The fourth-order valence-electron chi connectivity index (χ4n) is 3.51. The Morgan fingerprint density at radius 2 is 1.57 bits per heavy atom. The first-order valence-corrected chi connectivity index (χ1v) is 5.99. The first-order valence-electron chi connectivity index (χ1n) is 5.99. The lowest BCUT2D eigenvalue weighted by Gasteiger charge is -2.36. The van der Waals surface area contributed by atoms with Crippen molar-refractivity contribution < 1.29 is 0 Å². The van der Waals surface area contributed by atoms with Crippen LogP contribution in [0.2, 0.25) is 0 Å². The van der Waals surface area contributed by atoms with Gasteiger partial charge in [-0.1, -0.05) is 20.8 Å². The maximum absolute atomic E-state index is 2.73. The van der Waals surface area contributed by atoms with Crippen LogP contribution < -0.4 is 0 Å². The zero-order valence-electron chi connectivity index (χ0n) is 10.6. The molecule has 0 aromatic carbocycles. The Bertz CT molecular complexity index is 231. The zero-order chi connectivity index (χ0) is 10.7. The van der Waals surface area contributed by atoms with Crippen molar-refractivity contribution in [2.24, 2.45) is 17.3 Å². The summed E-state index contributed by atoms with van der Waals surface area (Å²) in [5.74, 6) is 1.96. The number of piperidine rings is 1. The minimum Gasteiger partial charge on any atom is -0.295 e. The van der Waals surface area contributed by atoms with Gasteiger partial charge in [-0.2, -0.15) is 0 Å². The van der Waals surface area contributed by atoms with Crippen LogP contribution in [-0.4, -0.2) is 23.0 Å². The summed E-state index contributed by atoms with van der Waals surface area (Å²) in [6.07, 6.45) is 1.43. The standard InChI is InChI=1S/C13H25N/c1-12(2,3)10-9-7-8-14(11(9)10)13(4,5)6/h9-11H,7-8H2,1-6H3. The van der Waals surface area contributed by atoms with Gasteiger partial charge in [0.25, 0.3) is 0 Å². The maximum atomic E-state index is 2.73. The van der Waals surface area contributed by atoms with Crippen LogP contribution >= 0.6 is 0 Å². The molecule has 0 aromatic rings. The number of likely N-dealkylation sites (tertiary alicyclic amines) is 1. The van der Waals surface area contributed by atoms with Gasteiger partial charge in [0.1, 0.15) is 0 Å². The van der Waals surface area contributed by atoms with Crippen LogP contribution in [0.15, 0.2) is 0 Å². The van der Waals surface area contributed by atoms with Crippen molar-refractivity contribution in [2.45, 2.75) is 59.5 Å². The van der Waals surface area contributed by atoms with Gasteiger partial charge in [0.2, 0.25) is 0 Å². The molecule has 3 atom stereocenters. The number of hydrogen-bond donors (Lipinski definition) is 0. The molecule has 0 aromatic heterocycles. The molecular formula is C13H25N. The number of nitrogens with zero attached hydrogens (tertiary/aromatic N) is 1. The fourth-order valence-corrected chi connectivity index (χ4v) is 3.51. The van der Waals surface area contributed by atoms with Crippen molar-refractivity contribution in [2.75, 3.05) is 6.54 Å². The molecule has 1 aliphatic carbocycles. The molecule has 2 fully saturated rings. The van der Waals surface area contributed by atoms with Gasteiger partial charge in [0.05, 0.1) is 0 Å². The quantitative estimate of drug-likeness (QED) is 0.574. The van der Waals surface area contributed by atoms with Crippen LogP contribution in [0.1, 0.15) is 48.0 Å². The third-order valence-corrected chi connectivity index (χ3v) is 4.05. The zero-order valence-corrected chi connectivity index (χ0v) is 10.6. The Morgan fingerprint density at radius 3 is 1.93 bits per heavy atom. The van der Waals surface area contributed by atoms with Gasteiger partial charge in [0.15, 0.2) is 0 Å².